The summed E-state index contributed by atoms with van der Waals surface area (Å²) in [5.41, 5.74) is 4.62. The maximum Gasteiger partial charge on any atom is 0.0568 e. The summed E-state index contributed by atoms with van der Waals surface area (Å²) >= 11 is 0. The van der Waals surface area contributed by atoms with E-state index in [1.807, 2.05) is 48.2 Å². The van der Waals surface area contributed by atoms with Crippen LogP contribution in [-0.4, -0.2) is 19.6 Å². The van der Waals surface area contributed by atoms with Crippen LogP contribution in [0.4, 0.5) is 0 Å². The van der Waals surface area contributed by atoms with Gasteiger partial charge in [-0.05, 0) is 11.1 Å². The molecule has 0 amide bonds. The van der Waals surface area contributed by atoms with Crippen molar-refractivity contribution in [1.29, 1.82) is 0 Å². The van der Waals surface area contributed by atoms with Crippen molar-refractivity contribution < 1.29 is 0 Å². The molecule has 0 aliphatic heterocycles. The molecule has 0 saturated carbocycles. The van der Waals surface area contributed by atoms with E-state index >= 15 is 0 Å². The molecule has 0 atom stereocenters. The molecule has 0 radical (unpaired) electrons. The Kier molecular flexibility index (Phi) is 2.48. The number of aromatic nitrogens is 4. The summed E-state index contributed by atoms with van der Waals surface area (Å²) in [6.07, 6.45) is 7.77. The summed E-state index contributed by atoms with van der Waals surface area (Å²) in [7, 11) is 3.85. The first-order valence-corrected chi connectivity index (χ1v) is 5.80. The van der Waals surface area contributed by atoms with Gasteiger partial charge < -0.3 is 0 Å². The zero-order chi connectivity index (χ0) is 12.5. The highest BCUT2D eigenvalue weighted by atomic mass is 15.2. The van der Waals surface area contributed by atoms with Gasteiger partial charge in [-0.1, -0.05) is 24.3 Å². The van der Waals surface area contributed by atoms with Crippen LogP contribution in [0.2, 0.25) is 0 Å². The smallest absolute Gasteiger partial charge is 0.0568 e. The Labute approximate surface area is 105 Å². The van der Waals surface area contributed by atoms with Gasteiger partial charge in [0.1, 0.15) is 0 Å². The van der Waals surface area contributed by atoms with Gasteiger partial charge in [-0.2, -0.15) is 10.2 Å². The Bertz CT molecular complexity index is 602. The molecule has 0 fully saturated rings. The van der Waals surface area contributed by atoms with Crippen LogP contribution < -0.4 is 0 Å². The first kappa shape index (κ1) is 10.8. The van der Waals surface area contributed by atoms with Crippen molar-refractivity contribution in [3.8, 4) is 22.3 Å². The summed E-state index contributed by atoms with van der Waals surface area (Å²) < 4.78 is 3.62. The molecule has 90 valence electrons. The van der Waals surface area contributed by atoms with E-state index in [1.54, 1.807) is 0 Å². The van der Waals surface area contributed by atoms with E-state index in [0.717, 1.165) is 11.1 Å². The molecule has 0 aliphatic carbocycles. The van der Waals surface area contributed by atoms with Crippen molar-refractivity contribution in [3.63, 3.8) is 0 Å². The summed E-state index contributed by atoms with van der Waals surface area (Å²) in [6.45, 7) is 0. The lowest BCUT2D eigenvalue weighted by atomic mass is 10.0. The quantitative estimate of drug-likeness (QED) is 0.687. The maximum atomic E-state index is 4.18. The van der Waals surface area contributed by atoms with Gasteiger partial charge in [-0.3, -0.25) is 9.36 Å². The lowest BCUT2D eigenvalue weighted by Gasteiger charge is -2.00. The predicted octanol–water partition coefficient (Wildman–Crippen LogP) is 2.49. The van der Waals surface area contributed by atoms with Gasteiger partial charge >= 0.3 is 0 Å². The molecule has 2 heterocycles. The third-order valence-electron chi connectivity index (χ3n) is 2.96. The molecule has 0 bridgehead atoms. The van der Waals surface area contributed by atoms with Gasteiger partial charge in [-0.15, -0.1) is 0 Å². The molecule has 0 unspecified atom stereocenters. The van der Waals surface area contributed by atoms with Gasteiger partial charge in [0.05, 0.1) is 12.4 Å². The number of hydrogen-bond acceptors (Lipinski definition) is 2. The fourth-order valence-corrected chi connectivity index (χ4v) is 2.00. The lowest BCUT2D eigenvalue weighted by molar-refractivity contribution is 0.768. The van der Waals surface area contributed by atoms with Gasteiger partial charge in [0.25, 0.3) is 0 Å². The number of hydrogen-bond donors (Lipinski definition) is 0. The Hall–Kier alpha value is -2.36. The van der Waals surface area contributed by atoms with Crippen LogP contribution in [0.5, 0.6) is 0 Å². The number of rotatable bonds is 2. The summed E-state index contributed by atoms with van der Waals surface area (Å²) in [5, 5.41) is 8.36. The molecule has 0 N–H and O–H groups in total. The molecule has 0 saturated heterocycles. The molecular formula is C14H14N4. The van der Waals surface area contributed by atoms with E-state index in [0.29, 0.717) is 0 Å². The first-order valence-electron chi connectivity index (χ1n) is 5.80. The Morgan fingerprint density at radius 1 is 0.667 bits per heavy atom. The van der Waals surface area contributed by atoms with Gasteiger partial charge in [0.2, 0.25) is 0 Å². The highest BCUT2D eigenvalue weighted by molar-refractivity contribution is 5.68. The van der Waals surface area contributed by atoms with Crippen molar-refractivity contribution in [3.05, 3.63) is 49.1 Å². The molecule has 0 aliphatic rings. The van der Waals surface area contributed by atoms with Crippen LogP contribution in [0.15, 0.2) is 49.1 Å². The first-order chi connectivity index (χ1) is 8.72. The molecule has 0 spiro atoms. The van der Waals surface area contributed by atoms with Crippen LogP contribution >= 0.6 is 0 Å². The topological polar surface area (TPSA) is 35.6 Å². The van der Waals surface area contributed by atoms with E-state index in [1.165, 1.54) is 11.1 Å². The molecule has 3 rings (SSSR count). The molecule has 2 aromatic heterocycles. The molecule has 1 aromatic carbocycles. The second-order valence-corrected chi connectivity index (χ2v) is 4.38. The van der Waals surface area contributed by atoms with E-state index in [-0.39, 0.29) is 0 Å². The Morgan fingerprint density at radius 3 is 1.33 bits per heavy atom. The second kappa shape index (κ2) is 4.14. The minimum absolute atomic E-state index is 1.13. The number of nitrogens with zero attached hydrogens (tertiary/aromatic N) is 4. The second-order valence-electron chi connectivity index (χ2n) is 4.38. The van der Waals surface area contributed by atoms with Crippen LogP contribution in [0.1, 0.15) is 0 Å². The van der Waals surface area contributed by atoms with E-state index in [2.05, 4.69) is 34.5 Å². The molecule has 3 aromatic rings. The third-order valence-corrected chi connectivity index (χ3v) is 2.96. The van der Waals surface area contributed by atoms with Crippen LogP contribution in [0.3, 0.4) is 0 Å². The van der Waals surface area contributed by atoms with Gasteiger partial charge in [-0.25, -0.2) is 0 Å². The van der Waals surface area contributed by atoms with E-state index in [9.17, 15) is 0 Å². The van der Waals surface area contributed by atoms with Crippen molar-refractivity contribution in [2.24, 2.45) is 14.1 Å². The van der Waals surface area contributed by atoms with Gasteiger partial charge in [0.15, 0.2) is 0 Å². The van der Waals surface area contributed by atoms with Crippen molar-refractivity contribution >= 4 is 0 Å². The minimum atomic E-state index is 1.13. The van der Waals surface area contributed by atoms with Crippen LogP contribution in [0, 0.1) is 0 Å². The van der Waals surface area contributed by atoms with Gasteiger partial charge in [0, 0.05) is 37.6 Å². The number of benzene rings is 1. The molecule has 18 heavy (non-hydrogen) atoms. The minimum Gasteiger partial charge on any atom is -0.275 e. The normalized spacial score (nSPS) is 10.8. The number of aryl methyl sites for hydroxylation is 2. The highest BCUT2D eigenvalue weighted by Crippen LogP contribution is 2.23. The van der Waals surface area contributed by atoms with Crippen molar-refractivity contribution in [2.75, 3.05) is 0 Å². The van der Waals surface area contributed by atoms with Crippen LogP contribution in [-0.2, 0) is 14.1 Å². The van der Waals surface area contributed by atoms with E-state index < -0.39 is 0 Å². The Morgan fingerprint density at radius 2 is 1.06 bits per heavy atom. The van der Waals surface area contributed by atoms with Crippen molar-refractivity contribution in [1.82, 2.24) is 19.6 Å². The Balaban J connectivity index is 1.94. The average molecular weight is 238 g/mol. The molecule has 4 heteroatoms. The fourth-order valence-electron chi connectivity index (χ4n) is 2.00. The standard InChI is InChI=1S/C14H14N4/c1-17-9-13(7-15-17)11-3-5-12(6-4-11)14-8-16-18(2)10-14/h3-10H,1-2H3. The maximum absolute atomic E-state index is 4.18. The van der Waals surface area contributed by atoms with Crippen molar-refractivity contribution in [2.45, 2.75) is 0 Å². The highest BCUT2D eigenvalue weighted by Gasteiger charge is 2.03. The zero-order valence-electron chi connectivity index (χ0n) is 10.4. The lowest BCUT2D eigenvalue weighted by Crippen LogP contribution is -1.84. The summed E-state index contributed by atoms with van der Waals surface area (Å²) in [5.74, 6) is 0. The molecule has 4 nitrogen and oxygen atoms in total. The zero-order valence-corrected chi connectivity index (χ0v) is 10.4. The monoisotopic (exact) mass is 238 g/mol. The fraction of sp³-hybridized carbons (Fsp3) is 0.143. The molecular weight excluding hydrogens is 224 g/mol. The largest absolute Gasteiger partial charge is 0.275 e. The third kappa shape index (κ3) is 1.93. The summed E-state index contributed by atoms with van der Waals surface area (Å²) in [4.78, 5) is 0. The average Bonchev–Trinajstić information content (AvgIpc) is 2.98. The summed E-state index contributed by atoms with van der Waals surface area (Å²) in [6, 6.07) is 8.44. The van der Waals surface area contributed by atoms with E-state index in [4.69, 9.17) is 0 Å². The SMILES string of the molecule is Cn1cc(-c2ccc(-c3cnn(C)c3)cc2)cn1. The van der Waals surface area contributed by atoms with Crippen LogP contribution in [0.25, 0.3) is 22.3 Å². The predicted molar refractivity (Wildman–Crippen MR) is 70.8 cm³/mol.